The summed E-state index contributed by atoms with van der Waals surface area (Å²) in [4.78, 5) is 16.0. The Morgan fingerprint density at radius 2 is 2.39 bits per heavy atom. The summed E-state index contributed by atoms with van der Waals surface area (Å²) in [5.41, 5.74) is 0.885. The number of aryl methyl sites for hydroxylation is 2. The minimum Gasteiger partial charge on any atom is -0.444 e. The summed E-state index contributed by atoms with van der Waals surface area (Å²) in [5, 5.41) is 6.18. The third-order valence-corrected chi connectivity index (χ3v) is 3.38. The first-order chi connectivity index (χ1) is 8.65. The van der Waals surface area contributed by atoms with Crippen LogP contribution in [0.3, 0.4) is 0 Å². The lowest BCUT2D eigenvalue weighted by atomic mass is 9.96. The van der Waals surface area contributed by atoms with Crippen LogP contribution in [-0.2, 0) is 11.3 Å². The van der Waals surface area contributed by atoms with E-state index in [1.165, 1.54) is 0 Å². The number of rotatable bonds is 4. The quantitative estimate of drug-likeness (QED) is 0.846. The van der Waals surface area contributed by atoms with Gasteiger partial charge in [-0.3, -0.25) is 4.79 Å². The second kappa shape index (κ2) is 6.00. The molecule has 2 rings (SSSR count). The molecule has 2 N–H and O–H groups in total. The summed E-state index contributed by atoms with van der Waals surface area (Å²) in [5.74, 6) is 1.94. The monoisotopic (exact) mass is 251 g/mol. The normalized spacial score (nSPS) is 19.8. The molecule has 1 aliphatic rings. The fourth-order valence-electron chi connectivity index (χ4n) is 2.22. The molecule has 1 aromatic rings. The van der Waals surface area contributed by atoms with Crippen molar-refractivity contribution in [3.8, 4) is 0 Å². The van der Waals surface area contributed by atoms with Crippen molar-refractivity contribution in [2.75, 3.05) is 13.1 Å². The fourth-order valence-corrected chi connectivity index (χ4v) is 2.22. The van der Waals surface area contributed by atoms with E-state index in [-0.39, 0.29) is 5.91 Å². The van der Waals surface area contributed by atoms with Crippen LogP contribution < -0.4 is 10.6 Å². The molecule has 18 heavy (non-hydrogen) atoms. The summed E-state index contributed by atoms with van der Waals surface area (Å²) < 4.78 is 5.42. The molecule has 0 spiro atoms. The number of piperidine rings is 1. The number of hydrogen-bond donors (Lipinski definition) is 2. The number of nitrogens with zero attached hydrogens (tertiary/aromatic N) is 1. The molecule has 0 aromatic carbocycles. The van der Waals surface area contributed by atoms with Gasteiger partial charge in [0.2, 0.25) is 11.8 Å². The van der Waals surface area contributed by atoms with Gasteiger partial charge in [0.25, 0.3) is 0 Å². The van der Waals surface area contributed by atoms with Gasteiger partial charge in [-0.05, 0) is 45.7 Å². The van der Waals surface area contributed by atoms with Crippen LogP contribution in [0.25, 0.3) is 0 Å². The van der Waals surface area contributed by atoms with Crippen LogP contribution in [0.5, 0.6) is 0 Å². The predicted molar refractivity (Wildman–Crippen MR) is 68.0 cm³/mol. The Morgan fingerprint density at radius 3 is 3.00 bits per heavy atom. The first kappa shape index (κ1) is 13.1. The molecule has 1 aromatic heterocycles. The van der Waals surface area contributed by atoms with Crippen molar-refractivity contribution >= 4 is 5.91 Å². The number of aromatic nitrogens is 1. The fraction of sp³-hybridized carbons (Fsp3) is 0.692. The summed E-state index contributed by atoms with van der Waals surface area (Å²) in [7, 11) is 0. The highest BCUT2D eigenvalue weighted by molar-refractivity contribution is 5.76. The van der Waals surface area contributed by atoms with Gasteiger partial charge in [-0.1, -0.05) is 0 Å². The molecule has 5 nitrogen and oxygen atoms in total. The van der Waals surface area contributed by atoms with Crippen LogP contribution in [0.15, 0.2) is 4.42 Å². The van der Waals surface area contributed by atoms with Gasteiger partial charge in [0.1, 0.15) is 5.76 Å². The molecular weight excluding hydrogens is 230 g/mol. The van der Waals surface area contributed by atoms with Gasteiger partial charge in [-0.25, -0.2) is 4.98 Å². The van der Waals surface area contributed by atoms with Crippen molar-refractivity contribution in [3.05, 3.63) is 17.3 Å². The molecule has 0 bridgehead atoms. The molecule has 1 unspecified atom stereocenters. The summed E-state index contributed by atoms with van der Waals surface area (Å²) in [6, 6.07) is 0. The Kier molecular flexibility index (Phi) is 4.36. The van der Waals surface area contributed by atoms with Crippen molar-refractivity contribution in [1.29, 1.82) is 0 Å². The smallest absolute Gasteiger partial charge is 0.220 e. The molecule has 0 radical (unpaired) electrons. The van der Waals surface area contributed by atoms with E-state index in [1.54, 1.807) is 0 Å². The Bertz CT molecular complexity index is 389. The van der Waals surface area contributed by atoms with Gasteiger partial charge in [-0.2, -0.15) is 0 Å². The highest BCUT2D eigenvalue weighted by Gasteiger charge is 2.17. The van der Waals surface area contributed by atoms with Crippen molar-refractivity contribution < 1.29 is 9.21 Å². The standard InChI is InChI=1S/C13H21N3O2/c1-9-10(2)18-13(16-9)8-15-12(17)6-11-4-3-5-14-7-11/h11,14H,3-8H2,1-2H3,(H,15,17). The Hall–Kier alpha value is -1.36. The van der Waals surface area contributed by atoms with Crippen LogP contribution in [0.2, 0.25) is 0 Å². The highest BCUT2D eigenvalue weighted by Crippen LogP contribution is 2.14. The van der Waals surface area contributed by atoms with E-state index in [0.717, 1.165) is 37.4 Å². The molecule has 1 atom stereocenters. The van der Waals surface area contributed by atoms with Crippen LogP contribution in [0.1, 0.15) is 36.6 Å². The second-order valence-electron chi connectivity index (χ2n) is 4.94. The molecule has 0 aliphatic carbocycles. The van der Waals surface area contributed by atoms with Crippen molar-refractivity contribution in [2.24, 2.45) is 5.92 Å². The molecule has 1 amide bonds. The van der Waals surface area contributed by atoms with E-state index < -0.39 is 0 Å². The van der Waals surface area contributed by atoms with Gasteiger partial charge < -0.3 is 15.1 Å². The number of carbonyl (C=O) groups excluding carboxylic acids is 1. The van der Waals surface area contributed by atoms with Gasteiger partial charge in [0.15, 0.2) is 0 Å². The van der Waals surface area contributed by atoms with Gasteiger partial charge in [0.05, 0.1) is 12.2 Å². The average molecular weight is 251 g/mol. The maximum absolute atomic E-state index is 11.8. The first-order valence-electron chi connectivity index (χ1n) is 6.55. The topological polar surface area (TPSA) is 67.2 Å². The van der Waals surface area contributed by atoms with Gasteiger partial charge >= 0.3 is 0 Å². The highest BCUT2D eigenvalue weighted by atomic mass is 16.4. The van der Waals surface area contributed by atoms with Crippen LogP contribution in [0, 0.1) is 19.8 Å². The molecule has 2 heterocycles. The van der Waals surface area contributed by atoms with Crippen LogP contribution >= 0.6 is 0 Å². The number of hydrogen-bond acceptors (Lipinski definition) is 4. The minimum absolute atomic E-state index is 0.0807. The lowest BCUT2D eigenvalue weighted by Gasteiger charge is -2.21. The average Bonchev–Trinajstić information content (AvgIpc) is 2.68. The van der Waals surface area contributed by atoms with E-state index in [9.17, 15) is 4.79 Å². The van der Waals surface area contributed by atoms with E-state index in [4.69, 9.17) is 4.42 Å². The first-order valence-corrected chi connectivity index (χ1v) is 6.55. The van der Waals surface area contributed by atoms with Gasteiger partial charge in [-0.15, -0.1) is 0 Å². The number of carbonyl (C=O) groups is 1. The Balaban J connectivity index is 1.74. The maximum atomic E-state index is 11.8. The molecule has 100 valence electrons. The summed E-state index contributed by atoms with van der Waals surface area (Å²) >= 11 is 0. The molecule has 1 aliphatic heterocycles. The van der Waals surface area contributed by atoms with Crippen LogP contribution in [0.4, 0.5) is 0 Å². The zero-order chi connectivity index (χ0) is 13.0. The largest absolute Gasteiger partial charge is 0.444 e. The SMILES string of the molecule is Cc1nc(CNC(=O)CC2CCCNC2)oc1C. The summed E-state index contributed by atoms with van der Waals surface area (Å²) in [6.07, 6.45) is 2.89. The minimum atomic E-state index is 0.0807. The third-order valence-electron chi connectivity index (χ3n) is 3.38. The van der Waals surface area contributed by atoms with E-state index >= 15 is 0 Å². The lowest BCUT2D eigenvalue weighted by molar-refractivity contribution is -0.122. The lowest BCUT2D eigenvalue weighted by Crippen LogP contribution is -2.34. The molecule has 1 fully saturated rings. The molecular formula is C13H21N3O2. The number of nitrogens with one attached hydrogen (secondary N) is 2. The number of oxazole rings is 1. The van der Waals surface area contributed by atoms with E-state index in [1.807, 2.05) is 13.8 Å². The Labute approximate surface area is 107 Å². The van der Waals surface area contributed by atoms with Crippen molar-refractivity contribution in [2.45, 2.75) is 39.7 Å². The Morgan fingerprint density at radius 1 is 1.56 bits per heavy atom. The van der Waals surface area contributed by atoms with Crippen LogP contribution in [-0.4, -0.2) is 24.0 Å². The van der Waals surface area contributed by atoms with Crippen molar-refractivity contribution in [1.82, 2.24) is 15.6 Å². The van der Waals surface area contributed by atoms with E-state index in [2.05, 4.69) is 15.6 Å². The zero-order valence-corrected chi connectivity index (χ0v) is 11.1. The molecule has 5 heteroatoms. The maximum Gasteiger partial charge on any atom is 0.220 e. The van der Waals surface area contributed by atoms with Crippen molar-refractivity contribution in [3.63, 3.8) is 0 Å². The van der Waals surface area contributed by atoms with E-state index in [0.29, 0.717) is 24.8 Å². The molecule has 1 saturated heterocycles. The third kappa shape index (κ3) is 3.57. The molecule has 0 saturated carbocycles. The summed E-state index contributed by atoms with van der Waals surface area (Å²) in [6.45, 7) is 6.19. The van der Waals surface area contributed by atoms with Gasteiger partial charge in [0, 0.05) is 6.42 Å². The second-order valence-corrected chi connectivity index (χ2v) is 4.94. The zero-order valence-electron chi connectivity index (χ0n) is 11.1. The number of amides is 1. The predicted octanol–water partition coefficient (Wildman–Crippen LogP) is 1.30.